The van der Waals surface area contributed by atoms with Crippen molar-refractivity contribution in [2.24, 2.45) is 0 Å². The molecular formula is C16H23NO3. The number of rotatable bonds is 4. The first-order chi connectivity index (χ1) is 9.51. The van der Waals surface area contributed by atoms with Crippen LogP contribution in [0.15, 0.2) is 18.2 Å². The van der Waals surface area contributed by atoms with Crippen molar-refractivity contribution in [3.63, 3.8) is 0 Å². The summed E-state index contributed by atoms with van der Waals surface area (Å²) < 4.78 is 5.71. The summed E-state index contributed by atoms with van der Waals surface area (Å²) >= 11 is 0. The van der Waals surface area contributed by atoms with Gasteiger partial charge >= 0.3 is 5.97 Å². The Morgan fingerprint density at radius 1 is 1.50 bits per heavy atom. The van der Waals surface area contributed by atoms with Gasteiger partial charge in [-0.3, -0.25) is 4.90 Å². The highest BCUT2D eigenvalue weighted by molar-refractivity contribution is 5.87. The number of morpholine rings is 1. The average Bonchev–Trinajstić information content (AvgIpc) is 2.41. The lowest BCUT2D eigenvalue weighted by molar-refractivity contribution is -0.0592. The SMILES string of the molecule is CCC1COC(C)CN1Cc1ccc(C(=O)O)cc1C. The van der Waals surface area contributed by atoms with Crippen LogP contribution in [0.3, 0.4) is 0 Å². The summed E-state index contributed by atoms with van der Waals surface area (Å²) in [5, 5.41) is 9.01. The molecule has 110 valence electrons. The van der Waals surface area contributed by atoms with Gasteiger partial charge in [0.1, 0.15) is 0 Å². The number of aryl methyl sites for hydroxylation is 1. The molecule has 1 heterocycles. The highest BCUT2D eigenvalue weighted by atomic mass is 16.5. The van der Waals surface area contributed by atoms with Gasteiger partial charge in [0.05, 0.1) is 18.3 Å². The third kappa shape index (κ3) is 3.38. The third-order valence-corrected chi connectivity index (χ3v) is 4.02. The number of carbonyl (C=O) groups is 1. The van der Waals surface area contributed by atoms with Crippen molar-refractivity contribution in [1.82, 2.24) is 4.90 Å². The highest BCUT2D eigenvalue weighted by Crippen LogP contribution is 2.20. The molecule has 2 atom stereocenters. The van der Waals surface area contributed by atoms with Crippen LogP contribution in [0.2, 0.25) is 0 Å². The average molecular weight is 277 g/mol. The van der Waals surface area contributed by atoms with Gasteiger partial charge in [-0.1, -0.05) is 13.0 Å². The first kappa shape index (κ1) is 15.0. The van der Waals surface area contributed by atoms with Gasteiger partial charge in [-0.05, 0) is 43.5 Å². The van der Waals surface area contributed by atoms with Crippen molar-refractivity contribution >= 4 is 5.97 Å². The first-order valence-electron chi connectivity index (χ1n) is 7.19. The van der Waals surface area contributed by atoms with Crippen LogP contribution in [0.4, 0.5) is 0 Å². The molecule has 0 aromatic heterocycles. The van der Waals surface area contributed by atoms with E-state index >= 15 is 0 Å². The summed E-state index contributed by atoms with van der Waals surface area (Å²) in [7, 11) is 0. The summed E-state index contributed by atoms with van der Waals surface area (Å²) in [6, 6.07) is 5.83. The molecule has 2 unspecified atom stereocenters. The lowest BCUT2D eigenvalue weighted by atomic mass is 10.0. The van der Waals surface area contributed by atoms with Crippen molar-refractivity contribution in [2.45, 2.75) is 45.9 Å². The molecule has 1 aliphatic rings. The molecule has 0 bridgehead atoms. The molecule has 1 aromatic carbocycles. The molecule has 0 saturated carbocycles. The van der Waals surface area contributed by atoms with Crippen molar-refractivity contribution in [3.8, 4) is 0 Å². The standard InChI is InChI=1S/C16H23NO3/c1-4-15-10-20-12(3)8-17(15)9-14-6-5-13(16(18)19)7-11(14)2/h5-7,12,15H,4,8-10H2,1-3H3,(H,18,19). The fourth-order valence-electron chi connectivity index (χ4n) is 2.71. The fourth-order valence-corrected chi connectivity index (χ4v) is 2.71. The van der Waals surface area contributed by atoms with Crippen LogP contribution in [-0.2, 0) is 11.3 Å². The molecule has 0 radical (unpaired) electrons. The molecule has 4 heteroatoms. The monoisotopic (exact) mass is 277 g/mol. The minimum atomic E-state index is -0.869. The van der Waals surface area contributed by atoms with E-state index in [0.29, 0.717) is 11.6 Å². The number of hydrogen-bond donors (Lipinski definition) is 1. The van der Waals surface area contributed by atoms with Gasteiger partial charge in [0.15, 0.2) is 0 Å². The van der Waals surface area contributed by atoms with E-state index in [2.05, 4.69) is 18.7 Å². The summed E-state index contributed by atoms with van der Waals surface area (Å²) in [5.74, 6) is -0.869. The Morgan fingerprint density at radius 2 is 2.25 bits per heavy atom. The Morgan fingerprint density at radius 3 is 2.85 bits per heavy atom. The zero-order chi connectivity index (χ0) is 14.7. The van der Waals surface area contributed by atoms with Crippen molar-refractivity contribution in [3.05, 3.63) is 34.9 Å². The summed E-state index contributed by atoms with van der Waals surface area (Å²) in [6.45, 7) is 8.82. The zero-order valence-corrected chi connectivity index (χ0v) is 12.4. The van der Waals surface area contributed by atoms with Crippen LogP contribution in [0.5, 0.6) is 0 Å². The Hall–Kier alpha value is -1.39. The Bertz CT molecular complexity index is 487. The number of aromatic carboxylic acids is 1. The van der Waals surface area contributed by atoms with E-state index in [1.807, 2.05) is 13.0 Å². The first-order valence-corrected chi connectivity index (χ1v) is 7.19. The fraction of sp³-hybridized carbons (Fsp3) is 0.562. The minimum absolute atomic E-state index is 0.261. The molecule has 0 aliphatic carbocycles. The van der Waals surface area contributed by atoms with Crippen molar-refractivity contribution < 1.29 is 14.6 Å². The second kappa shape index (κ2) is 6.37. The highest BCUT2D eigenvalue weighted by Gasteiger charge is 2.25. The molecule has 1 aromatic rings. The summed E-state index contributed by atoms with van der Waals surface area (Å²) in [4.78, 5) is 13.4. The van der Waals surface area contributed by atoms with Crippen LogP contribution in [-0.4, -0.2) is 41.3 Å². The van der Waals surface area contributed by atoms with E-state index in [4.69, 9.17) is 9.84 Å². The van der Waals surface area contributed by atoms with Crippen LogP contribution >= 0.6 is 0 Å². The minimum Gasteiger partial charge on any atom is -0.478 e. The third-order valence-electron chi connectivity index (χ3n) is 4.02. The maximum atomic E-state index is 11.0. The van der Waals surface area contributed by atoms with E-state index < -0.39 is 5.97 Å². The van der Waals surface area contributed by atoms with Gasteiger partial charge in [-0.25, -0.2) is 4.79 Å². The Labute approximate surface area is 120 Å². The van der Waals surface area contributed by atoms with Gasteiger partial charge in [0, 0.05) is 19.1 Å². The normalized spacial score (nSPS) is 23.8. The van der Waals surface area contributed by atoms with Gasteiger partial charge in [-0.2, -0.15) is 0 Å². The van der Waals surface area contributed by atoms with Gasteiger partial charge < -0.3 is 9.84 Å². The van der Waals surface area contributed by atoms with E-state index in [0.717, 1.165) is 31.7 Å². The lowest BCUT2D eigenvalue weighted by Crippen LogP contribution is -2.47. The number of hydrogen-bond acceptors (Lipinski definition) is 3. The maximum Gasteiger partial charge on any atom is 0.335 e. The van der Waals surface area contributed by atoms with Gasteiger partial charge in [0.2, 0.25) is 0 Å². The number of benzene rings is 1. The molecule has 1 saturated heterocycles. The Kier molecular flexibility index (Phi) is 4.78. The second-order valence-electron chi connectivity index (χ2n) is 5.58. The van der Waals surface area contributed by atoms with E-state index in [1.54, 1.807) is 12.1 Å². The molecule has 2 rings (SSSR count). The number of carboxylic acid groups (broad SMARTS) is 1. The molecule has 20 heavy (non-hydrogen) atoms. The number of nitrogens with zero attached hydrogens (tertiary/aromatic N) is 1. The lowest BCUT2D eigenvalue weighted by Gasteiger charge is -2.38. The molecule has 0 amide bonds. The van der Waals surface area contributed by atoms with Gasteiger partial charge in [0.25, 0.3) is 0 Å². The Balaban J connectivity index is 2.13. The van der Waals surface area contributed by atoms with Gasteiger partial charge in [-0.15, -0.1) is 0 Å². The van der Waals surface area contributed by atoms with E-state index in [1.165, 1.54) is 5.56 Å². The molecule has 4 nitrogen and oxygen atoms in total. The zero-order valence-electron chi connectivity index (χ0n) is 12.4. The number of carboxylic acids is 1. The quantitative estimate of drug-likeness (QED) is 0.919. The van der Waals surface area contributed by atoms with Crippen molar-refractivity contribution in [2.75, 3.05) is 13.2 Å². The largest absolute Gasteiger partial charge is 0.478 e. The van der Waals surface area contributed by atoms with E-state index in [-0.39, 0.29) is 6.10 Å². The topological polar surface area (TPSA) is 49.8 Å². The van der Waals surface area contributed by atoms with Crippen LogP contribution < -0.4 is 0 Å². The maximum absolute atomic E-state index is 11.0. The molecule has 1 N–H and O–H groups in total. The molecule has 1 aliphatic heterocycles. The second-order valence-corrected chi connectivity index (χ2v) is 5.58. The van der Waals surface area contributed by atoms with Crippen LogP contribution in [0.1, 0.15) is 41.8 Å². The summed E-state index contributed by atoms with van der Waals surface area (Å²) in [6.07, 6.45) is 1.33. The smallest absolute Gasteiger partial charge is 0.335 e. The van der Waals surface area contributed by atoms with Crippen LogP contribution in [0, 0.1) is 6.92 Å². The number of ether oxygens (including phenoxy) is 1. The molecular weight excluding hydrogens is 254 g/mol. The molecule has 0 spiro atoms. The predicted octanol–water partition coefficient (Wildman–Crippen LogP) is 2.69. The molecule has 1 fully saturated rings. The summed E-state index contributed by atoms with van der Waals surface area (Å²) in [5.41, 5.74) is 2.59. The van der Waals surface area contributed by atoms with Crippen molar-refractivity contribution in [1.29, 1.82) is 0 Å². The van der Waals surface area contributed by atoms with E-state index in [9.17, 15) is 4.79 Å². The predicted molar refractivity (Wildman–Crippen MR) is 78.0 cm³/mol. The van der Waals surface area contributed by atoms with Crippen LogP contribution in [0.25, 0.3) is 0 Å².